The first kappa shape index (κ1) is 20.0. The summed E-state index contributed by atoms with van der Waals surface area (Å²) in [6, 6.07) is 7.77. The van der Waals surface area contributed by atoms with Crippen molar-refractivity contribution < 1.29 is 9.18 Å². The van der Waals surface area contributed by atoms with Crippen molar-refractivity contribution in [1.29, 1.82) is 0 Å². The van der Waals surface area contributed by atoms with Crippen LogP contribution in [0.3, 0.4) is 0 Å². The van der Waals surface area contributed by atoms with Gasteiger partial charge in [0.15, 0.2) is 5.82 Å². The summed E-state index contributed by atoms with van der Waals surface area (Å²) in [6.45, 7) is 2.74. The number of hydrogen-bond acceptors (Lipinski definition) is 5. The molecule has 1 atom stereocenters. The molecule has 0 radical (unpaired) electrons. The lowest BCUT2D eigenvalue weighted by atomic mass is 10.1. The smallest absolute Gasteiger partial charge is 0.328 e. The summed E-state index contributed by atoms with van der Waals surface area (Å²) >= 11 is 6.08. The maximum Gasteiger partial charge on any atom is 0.328 e. The predicted octanol–water partition coefficient (Wildman–Crippen LogP) is 4.60. The van der Waals surface area contributed by atoms with E-state index in [2.05, 4.69) is 20.2 Å². The molecule has 0 aliphatic carbocycles. The number of hydrogen-bond donors (Lipinski definition) is 1. The highest BCUT2D eigenvalue weighted by molar-refractivity contribution is 6.30. The standard InChI is InChI=1S/C21H20ClFN6O/c1-13-7-8-28(2)18-5-4-17(14-9-15(22)11-24-10-14)26-20(18)29(13)21(30)27-19-6-3-16(23)12-25-19/h3-6,9-13H,7-8H2,1-2H3,(H,25,27,30)/t13-/m1/s1. The number of urea groups is 1. The third-order valence-corrected chi connectivity index (χ3v) is 5.21. The van der Waals surface area contributed by atoms with Crippen molar-refractivity contribution in [1.82, 2.24) is 15.0 Å². The van der Waals surface area contributed by atoms with Gasteiger partial charge in [0.05, 0.1) is 22.6 Å². The monoisotopic (exact) mass is 426 g/mol. The van der Waals surface area contributed by atoms with Gasteiger partial charge in [0.2, 0.25) is 0 Å². The van der Waals surface area contributed by atoms with Crippen LogP contribution in [0.5, 0.6) is 0 Å². The molecule has 3 aromatic heterocycles. The number of pyridine rings is 3. The minimum atomic E-state index is -0.468. The third-order valence-electron chi connectivity index (χ3n) is 5.00. The topological polar surface area (TPSA) is 74.2 Å². The molecule has 0 fully saturated rings. The molecule has 0 saturated carbocycles. The zero-order chi connectivity index (χ0) is 21.3. The molecule has 0 spiro atoms. The van der Waals surface area contributed by atoms with E-state index in [4.69, 9.17) is 16.6 Å². The van der Waals surface area contributed by atoms with Crippen molar-refractivity contribution in [3.63, 3.8) is 0 Å². The van der Waals surface area contributed by atoms with Gasteiger partial charge in [-0.2, -0.15) is 0 Å². The molecule has 2 amide bonds. The molecule has 9 heteroatoms. The molecule has 154 valence electrons. The van der Waals surface area contributed by atoms with E-state index in [9.17, 15) is 9.18 Å². The fraction of sp³-hybridized carbons (Fsp3) is 0.238. The van der Waals surface area contributed by atoms with Crippen LogP contribution in [0, 0.1) is 5.82 Å². The van der Waals surface area contributed by atoms with Crippen LogP contribution in [0.25, 0.3) is 11.3 Å². The maximum absolute atomic E-state index is 13.2. The zero-order valence-electron chi connectivity index (χ0n) is 16.5. The lowest BCUT2D eigenvalue weighted by molar-refractivity contribution is 0.255. The second-order valence-corrected chi connectivity index (χ2v) is 7.59. The molecule has 0 saturated heterocycles. The number of carbonyl (C=O) groups is 1. The number of nitrogens with zero attached hydrogens (tertiary/aromatic N) is 5. The summed E-state index contributed by atoms with van der Waals surface area (Å²) in [6.07, 6.45) is 5.05. The van der Waals surface area contributed by atoms with Gasteiger partial charge in [-0.25, -0.2) is 19.2 Å². The van der Waals surface area contributed by atoms with E-state index in [0.717, 1.165) is 30.4 Å². The number of nitrogens with one attached hydrogen (secondary N) is 1. The van der Waals surface area contributed by atoms with Crippen molar-refractivity contribution in [3.05, 3.63) is 59.8 Å². The van der Waals surface area contributed by atoms with Gasteiger partial charge in [-0.15, -0.1) is 0 Å². The first-order valence-electron chi connectivity index (χ1n) is 9.47. The van der Waals surface area contributed by atoms with Gasteiger partial charge in [-0.1, -0.05) is 11.6 Å². The van der Waals surface area contributed by atoms with E-state index in [0.29, 0.717) is 16.5 Å². The Morgan fingerprint density at radius 3 is 2.80 bits per heavy atom. The molecule has 4 heterocycles. The molecule has 30 heavy (non-hydrogen) atoms. The van der Waals surface area contributed by atoms with Gasteiger partial charge in [0, 0.05) is 37.6 Å². The average molecular weight is 427 g/mol. The SMILES string of the molecule is C[C@@H]1CCN(C)c2ccc(-c3cncc(Cl)c3)nc2N1C(=O)Nc1ccc(F)cn1. The summed E-state index contributed by atoms with van der Waals surface area (Å²) in [5, 5.41) is 3.24. The quantitative estimate of drug-likeness (QED) is 0.648. The highest BCUT2D eigenvalue weighted by Crippen LogP contribution is 2.35. The Morgan fingerprint density at radius 2 is 2.07 bits per heavy atom. The van der Waals surface area contributed by atoms with Gasteiger partial charge >= 0.3 is 6.03 Å². The number of anilines is 3. The Bertz CT molecular complexity index is 1080. The number of rotatable bonds is 2. The average Bonchev–Trinajstić information content (AvgIpc) is 2.85. The summed E-state index contributed by atoms with van der Waals surface area (Å²) in [5.74, 6) is 0.326. The Morgan fingerprint density at radius 1 is 1.23 bits per heavy atom. The van der Waals surface area contributed by atoms with E-state index >= 15 is 0 Å². The fourth-order valence-electron chi connectivity index (χ4n) is 3.38. The van der Waals surface area contributed by atoms with Gasteiger partial charge in [-0.3, -0.25) is 15.2 Å². The normalized spacial score (nSPS) is 16.1. The van der Waals surface area contributed by atoms with E-state index in [1.807, 2.05) is 26.1 Å². The molecule has 7 nitrogen and oxygen atoms in total. The summed E-state index contributed by atoms with van der Waals surface area (Å²) in [7, 11) is 1.97. The molecule has 0 bridgehead atoms. The number of fused-ring (bicyclic) bond motifs is 1. The first-order valence-corrected chi connectivity index (χ1v) is 9.85. The lowest BCUT2D eigenvalue weighted by Crippen LogP contribution is -2.42. The van der Waals surface area contributed by atoms with E-state index in [1.165, 1.54) is 12.1 Å². The first-order chi connectivity index (χ1) is 14.4. The molecule has 1 aliphatic rings. The molecule has 0 unspecified atom stereocenters. The predicted molar refractivity (Wildman–Crippen MR) is 116 cm³/mol. The van der Waals surface area contributed by atoms with Crippen molar-refractivity contribution in [3.8, 4) is 11.3 Å². The minimum absolute atomic E-state index is 0.116. The van der Waals surface area contributed by atoms with E-state index in [1.54, 1.807) is 23.4 Å². The van der Waals surface area contributed by atoms with Crippen LogP contribution in [0.1, 0.15) is 13.3 Å². The highest BCUT2D eigenvalue weighted by atomic mass is 35.5. The number of halogens is 2. The van der Waals surface area contributed by atoms with Crippen molar-refractivity contribution in [2.24, 2.45) is 0 Å². The van der Waals surface area contributed by atoms with Crippen molar-refractivity contribution in [2.45, 2.75) is 19.4 Å². The van der Waals surface area contributed by atoms with Gasteiger partial charge < -0.3 is 4.90 Å². The Labute approximate surface area is 178 Å². The Kier molecular flexibility index (Phi) is 5.50. The van der Waals surface area contributed by atoms with Crippen LogP contribution >= 0.6 is 11.6 Å². The number of aromatic nitrogens is 3. The molecule has 0 aromatic carbocycles. The second-order valence-electron chi connectivity index (χ2n) is 7.15. The Hall–Kier alpha value is -3.26. The molecule has 3 aromatic rings. The number of amides is 2. The van der Waals surface area contributed by atoms with Gasteiger partial charge in [0.1, 0.15) is 11.6 Å². The van der Waals surface area contributed by atoms with Gasteiger partial charge in [0.25, 0.3) is 0 Å². The zero-order valence-corrected chi connectivity index (χ0v) is 17.3. The second kappa shape index (κ2) is 8.23. The largest absolute Gasteiger partial charge is 0.372 e. The maximum atomic E-state index is 13.2. The molecule has 1 N–H and O–H groups in total. The number of carbonyl (C=O) groups excluding carboxylic acids is 1. The summed E-state index contributed by atoms with van der Waals surface area (Å²) in [4.78, 5) is 29.7. The van der Waals surface area contributed by atoms with Crippen molar-refractivity contribution in [2.75, 3.05) is 28.7 Å². The van der Waals surface area contributed by atoms with Crippen LogP contribution in [-0.4, -0.2) is 40.6 Å². The van der Waals surface area contributed by atoms with E-state index < -0.39 is 5.82 Å². The van der Waals surface area contributed by atoms with Crippen LogP contribution in [0.4, 0.5) is 26.5 Å². The van der Waals surface area contributed by atoms with Crippen LogP contribution in [-0.2, 0) is 0 Å². The molecule has 1 aliphatic heterocycles. The molecular formula is C21H20ClFN6O. The summed E-state index contributed by atoms with van der Waals surface area (Å²) < 4.78 is 13.2. The van der Waals surface area contributed by atoms with Gasteiger partial charge in [-0.05, 0) is 43.7 Å². The lowest BCUT2D eigenvalue weighted by Gasteiger charge is -2.27. The third kappa shape index (κ3) is 4.04. The van der Waals surface area contributed by atoms with Crippen molar-refractivity contribution >= 4 is 35.0 Å². The van der Waals surface area contributed by atoms with E-state index in [-0.39, 0.29) is 17.9 Å². The van der Waals surface area contributed by atoms with Crippen LogP contribution in [0.2, 0.25) is 5.02 Å². The minimum Gasteiger partial charge on any atom is -0.372 e. The molecule has 4 rings (SSSR count). The van der Waals surface area contributed by atoms with Crippen LogP contribution in [0.15, 0.2) is 48.9 Å². The highest BCUT2D eigenvalue weighted by Gasteiger charge is 2.30. The Balaban J connectivity index is 1.75. The molecular weight excluding hydrogens is 407 g/mol. The van der Waals surface area contributed by atoms with Crippen LogP contribution < -0.4 is 15.1 Å². The summed E-state index contributed by atoms with van der Waals surface area (Å²) in [5.41, 5.74) is 2.25. The fourth-order valence-corrected chi connectivity index (χ4v) is 3.56.